The number of hydrogen-bond donors (Lipinski definition) is 1. The molecule has 2 rings (SSSR count). The van der Waals surface area contributed by atoms with Crippen molar-refractivity contribution in [3.05, 3.63) is 0 Å². The second-order valence-corrected chi connectivity index (χ2v) is 6.48. The molecule has 0 aromatic heterocycles. The molecule has 2 fully saturated rings. The molecule has 0 saturated carbocycles. The average molecular weight is 238 g/mol. The maximum atomic E-state index is 3.53. The van der Waals surface area contributed by atoms with Gasteiger partial charge in [-0.05, 0) is 63.1 Å². The van der Waals surface area contributed by atoms with Crippen molar-refractivity contribution in [1.29, 1.82) is 0 Å². The van der Waals surface area contributed by atoms with Gasteiger partial charge in [0.1, 0.15) is 0 Å². The van der Waals surface area contributed by atoms with E-state index in [9.17, 15) is 0 Å². The Bertz CT molecular complexity index is 215. The third-order valence-electron chi connectivity index (χ3n) is 4.74. The van der Waals surface area contributed by atoms with Gasteiger partial charge in [0.15, 0.2) is 0 Å². The first kappa shape index (κ1) is 13.4. The van der Waals surface area contributed by atoms with Crippen LogP contribution in [0.2, 0.25) is 0 Å². The molecular formula is C15H30N2. The first-order chi connectivity index (χ1) is 8.24. The lowest BCUT2D eigenvalue weighted by Crippen LogP contribution is -2.47. The minimum absolute atomic E-state index is 0.636. The molecule has 0 aromatic carbocycles. The Morgan fingerprint density at radius 1 is 1.29 bits per heavy atom. The van der Waals surface area contributed by atoms with Crippen molar-refractivity contribution in [3.63, 3.8) is 0 Å². The second kappa shape index (κ2) is 6.19. The van der Waals surface area contributed by atoms with Gasteiger partial charge in [-0.1, -0.05) is 20.3 Å². The van der Waals surface area contributed by atoms with Gasteiger partial charge in [0, 0.05) is 13.1 Å². The fourth-order valence-corrected chi connectivity index (χ4v) is 3.88. The van der Waals surface area contributed by atoms with Crippen LogP contribution in [0, 0.1) is 11.3 Å². The van der Waals surface area contributed by atoms with Gasteiger partial charge in [0.25, 0.3) is 0 Å². The monoisotopic (exact) mass is 238 g/mol. The fourth-order valence-electron chi connectivity index (χ4n) is 3.88. The minimum Gasteiger partial charge on any atom is -0.317 e. The molecule has 1 N–H and O–H groups in total. The molecule has 0 aromatic rings. The average Bonchev–Trinajstić information content (AvgIpc) is 2.30. The zero-order valence-corrected chi connectivity index (χ0v) is 11.8. The lowest BCUT2D eigenvalue weighted by molar-refractivity contribution is 0.0743. The van der Waals surface area contributed by atoms with E-state index in [0.29, 0.717) is 5.41 Å². The van der Waals surface area contributed by atoms with Crippen LogP contribution in [0.4, 0.5) is 0 Å². The van der Waals surface area contributed by atoms with Crippen LogP contribution in [-0.2, 0) is 0 Å². The molecule has 0 amide bonds. The third-order valence-corrected chi connectivity index (χ3v) is 4.74. The number of rotatable bonds is 4. The summed E-state index contributed by atoms with van der Waals surface area (Å²) in [4.78, 5) is 2.76. The number of piperidine rings is 2. The van der Waals surface area contributed by atoms with Crippen LogP contribution < -0.4 is 5.32 Å². The van der Waals surface area contributed by atoms with E-state index < -0.39 is 0 Å². The standard InChI is InChI=1S/C15H30N2/c1-3-6-15(7-9-16-10-8-15)13-17-11-4-5-14(2)12-17/h14,16H,3-13H2,1-2H3. The largest absolute Gasteiger partial charge is 0.317 e. The van der Waals surface area contributed by atoms with E-state index in [1.54, 1.807) is 0 Å². The highest BCUT2D eigenvalue weighted by molar-refractivity contribution is 4.88. The van der Waals surface area contributed by atoms with E-state index in [1.807, 2.05) is 0 Å². The summed E-state index contributed by atoms with van der Waals surface area (Å²) in [5.74, 6) is 0.921. The van der Waals surface area contributed by atoms with Gasteiger partial charge in [-0.25, -0.2) is 0 Å². The summed E-state index contributed by atoms with van der Waals surface area (Å²) in [6.07, 6.45) is 8.43. The van der Waals surface area contributed by atoms with Crippen molar-refractivity contribution in [1.82, 2.24) is 10.2 Å². The minimum atomic E-state index is 0.636. The van der Waals surface area contributed by atoms with Crippen LogP contribution in [0.25, 0.3) is 0 Å². The van der Waals surface area contributed by atoms with Crippen molar-refractivity contribution in [2.75, 3.05) is 32.7 Å². The van der Waals surface area contributed by atoms with Gasteiger partial charge in [-0.15, -0.1) is 0 Å². The molecule has 1 unspecified atom stereocenters. The van der Waals surface area contributed by atoms with Crippen LogP contribution in [0.15, 0.2) is 0 Å². The number of hydrogen-bond acceptors (Lipinski definition) is 2. The molecule has 2 nitrogen and oxygen atoms in total. The zero-order chi connectivity index (χ0) is 12.1. The Kier molecular flexibility index (Phi) is 4.87. The fraction of sp³-hybridized carbons (Fsp3) is 1.00. The van der Waals surface area contributed by atoms with E-state index >= 15 is 0 Å². The van der Waals surface area contributed by atoms with Gasteiger partial charge < -0.3 is 10.2 Å². The number of nitrogens with one attached hydrogen (secondary N) is 1. The summed E-state index contributed by atoms with van der Waals surface area (Å²) in [7, 11) is 0. The maximum Gasteiger partial charge on any atom is 0.00390 e. The van der Waals surface area contributed by atoms with Crippen LogP contribution in [0.1, 0.15) is 52.4 Å². The van der Waals surface area contributed by atoms with Gasteiger partial charge in [-0.2, -0.15) is 0 Å². The van der Waals surface area contributed by atoms with Gasteiger partial charge in [-0.3, -0.25) is 0 Å². The Balaban J connectivity index is 1.91. The quantitative estimate of drug-likeness (QED) is 0.810. The smallest absolute Gasteiger partial charge is 0.00390 e. The molecule has 0 aliphatic carbocycles. The van der Waals surface area contributed by atoms with Crippen LogP contribution in [0.5, 0.6) is 0 Å². The molecular weight excluding hydrogens is 208 g/mol. The van der Waals surface area contributed by atoms with E-state index in [1.165, 1.54) is 71.2 Å². The van der Waals surface area contributed by atoms with Crippen LogP contribution in [0.3, 0.4) is 0 Å². The predicted octanol–water partition coefficient (Wildman–Crippen LogP) is 2.89. The summed E-state index contributed by atoms with van der Waals surface area (Å²) < 4.78 is 0. The Morgan fingerprint density at radius 2 is 2.06 bits per heavy atom. The molecule has 17 heavy (non-hydrogen) atoms. The SMILES string of the molecule is CCCC1(CN2CCCC(C)C2)CCNCC1. The van der Waals surface area contributed by atoms with E-state index in [0.717, 1.165) is 5.92 Å². The molecule has 0 spiro atoms. The van der Waals surface area contributed by atoms with Crippen molar-refractivity contribution in [2.24, 2.45) is 11.3 Å². The molecule has 2 aliphatic heterocycles. The van der Waals surface area contributed by atoms with Crippen LogP contribution >= 0.6 is 0 Å². The molecule has 0 radical (unpaired) electrons. The molecule has 2 saturated heterocycles. The molecule has 100 valence electrons. The number of likely N-dealkylation sites (tertiary alicyclic amines) is 1. The Hall–Kier alpha value is -0.0800. The highest BCUT2D eigenvalue weighted by Crippen LogP contribution is 2.35. The summed E-state index contributed by atoms with van der Waals surface area (Å²) in [5.41, 5.74) is 0.636. The Morgan fingerprint density at radius 3 is 2.71 bits per heavy atom. The van der Waals surface area contributed by atoms with Crippen molar-refractivity contribution in [2.45, 2.75) is 52.4 Å². The highest BCUT2D eigenvalue weighted by atomic mass is 15.1. The molecule has 2 heteroatoms. The first-order valence-electron chi connectivity index (χ1n) is 7.67. The van der Waals surface area contributed by atoms with Crippen LogP contribution in [-0.4, -0.2) is 37.6 Å². The number of nitrogens with zero attached hydrogens (tertiary/aromatic N) is 1. The van der Waals surface area contributed by atoms with Crippen molar-refractivity contribution in [3.8, 4) is 0 Å². The van der Waals surface area contributed by atoms with Crippen molar-refractivity contribution >= 4 is 0 Å². The van der Waals surface area contributed by atoms with E-state index in [-0.39, 0.29) is 0 Å². The lowest BCUT2D eigenvalue weighted by atomic mass is 9.74. The van der Waals surface area contributed by atoms with E-state index in [2.05, 4.69) is 24.1 Å². The predicted molar refractivity (Wildman–Crippen MR) is 74.3 cm³/mol. The summed E-state index contributed by atoms with van der Waals surface area (Å²) in [6.45, 7) is 11.3. The normalized spacial score (nSPS) is 30.4. The van der Waals surface area contributed by atoms with Gasteiger partial charge >= 0.3 is 0 Å². The zero-order valence-electron chi connectivity index (χ0n) is 11.8. The summed E-state index contributed by atoms with van der Waals surface area (Å²) in [6, 6.07) is 0. The molecule has 2 aliphatic rings. The Labute approximate surface area is 107 Å². The molecule has 0 bridgehead atoms. The van der Waals surface area contributed by atoms with Gasteiger partial charge in [0.05, 0.1) is 0 Å². The summed E-state index contributed by atoms with van der Waals surface area (Å²) in [5, 5.41) is 3.53. The first-order valence-corrected chi connectivity index (χ1v) is 7.67. The van der Waals surface area contributed by atoms with E-state index in [4.69, 9.17) is 0 Å². The second-order valence-electron chi connectivity index (χ2n) is 6.48. The summed E-state index contributed by atoms with van der Waals surface area (Å²) >= 11 is 0. The maximum absolute atomic E-state index is 3.53. The van der Waals surface area contributed by atoms with Crippen molar-refractivity contribution < 1.29 is 0 Å². The third kappa shape index (κ3) is 3.69. The highest BCUT2D eigenvalue weighted by Gasteiger charge is 2.33. The molecule has 1 atom stereocenters. The van der Waals surface area contributed by atoms with Gasteiger partial charge in [0.2, 0.25) is 0 Å². The topological polar surface area (TPSA) is 15.3 Å². The molecule has 2 heterocycles. The lowest BCUT2D eigenvalue weighted by Gasteiger charge is -2.43.